The summed E-state index contributed by atoms with van der Waals surface area (Å²) < 4.78 is 55.8. The molecule has 4 aromatic rings. The summed E-state index contributed by atoms with van der Waals surface area (Å²) in [5.41, 5.74) is 2.75. The zero-order chi connectivity index (χ0) is 30.3. The molecule has 0 radical (unpaired) electrons. The molecule has 3 atom stereocenters. The topological polar surface area (TPSA) is 97.9 Å². The number of thiophene rings is 1. The van der Waals surface area contributed by atoms with Gasteiger partial charge in [-0.15, -0.1) is 35.8 Å². The second-order valence-corrected chi connectivity index (χ2v) is 12.7. The fraction of sp³-hybridized carbons (Fsp3) is 0.433. The summed E-state index contributed by atoms with van der Waals surface area (Å²) in [5, 5.41) is 18.1. The number of thiazole rings is 1. The monoisotopic (exact) mass is 633 g/mol. The van der Waals surface area contributed by atoms with E-state index in [0.29, 0.717) is 17.0 Å². The minimum absolute atomic E-state index is 0.0814. The maximum atomic E-state index is 13.1. The summed E-state index contributed by atoms with van der Waals surface area (Å²) in [6.07, 6.45) is -0.678. The highest BCUT2D eigenvalue weighted by molar-refractivity contribution is 7.14. The Morgan fingerprint density at radius 3 is 2.67 bits per heavy atom. The normalized spacial score (nSPS) is 20.9. The van der Waals surface area contributed by atoms with Gasteiger partial charge in [0.2, 0.25) is 0 Å². The van der Waals surface area contributed by atoms with Gasteiger partial charge in [-0.05, 0) is 57.2 Å². The van der Waals surface area contributed by atoms with Crippen LogP contribution < -0.4 is 9.64 Å². The minimum atomic E-state index is -4.83. The van der Waals surface area contributed by atoms with Crippen molar-refractivity contribution in [2.45, 2.75) is 83.0 Å². The number of ether oxygens (including phenoxy) is 2. The number of carbonyl (C=O) groups is 1. The predicted octanol–water partition coefficient (Wildman–Crippen LogP) is 8.35. The van der Waals surface area contributed by atoms with Crippen molar-refractivity contribution in [3.63, 3.8) is 0 Å². The molecule has 1 saturated carbocycles. The molecule has 3 aromatic heterocycles. The van der Waals surface area contributed by atoms with Crippen LogP contribution in [0.4, 0.5) is 18.3 Å². The lowest BCUT2D eigenvalue weighted by Gasteiger charge is -2.43. The van der Waals surface area contributed by atoms with Gasteiger partial charge >= 0.3 is 12.3 Å². The van der Waals surface area contributed by atoms with Crippen LogP contribution in [0.3, 0.4) is 0 Å². The second kappa shape index (κ2) is 11.9. The van der Waals surface area contributed by atoms with Crippen molar-refractivity contribution in [1.82, 2.24) is 10.1 Å². The zero-order valence-electron chi connectivity index (χ0n) is 23.5. The van der Waals surface area contributed by atoms with E-state index in [1.165, 1.54) is 34.8 Å². The van der Waals surface area contributed by atoms with Crippen LogP contribution in [-0.4, -0.2) is 45.8 Å². The molecule has 1 aromatic carbocycles. The van der Waals surface area contributed by atoms with Gasteiger partial charge in [-0.25, -0.2) is 9.78 Å². The number of piperidine rings is 1. The maximum absolute atomic E-state index is 13.1. The third-order valence-corrected chi connectivity index (χ3v) is 9.67. The average Bonchev–Trinajstić information content (AvgIpc) is 3.33. The van der Waals surface area contributed by atoms with Crippen molar-refractivity contribution < 1.29 is 37.1 Å². The lowest BCUT2D eigenvalue weighted by atomic mass is 9.92. The molecule has 43 heavy (non-hydrogen) atoms. The average molecular weight is 634 g/mol. The molecule has 1 aliphatic carbocycles. The molecule has 2 fully saturated rings. The van der Waals surface area contributed by atoms with E-state index < -0.39 is 12.3 Å². The summed E-state index contributed by atoms with van der Waals surface area (Å²) in [5.74, 6) is -0.419. The van der Waals surface area contributed by atoms with Gasteiger partial charge in [-0.2, -0.15) is 0 Å². The number of anilines is 1. The fourth-order valence-corrected chi connectivity index (χ4v) is 7.47. The summed E-state index contributed by atoms with van der Waals surface area (Å²) in [4.78, 5) is 18.8. The van der Waals surface area contributed by atoms with E-state index in [4.69, 9.17) is 14.2 Å². The smallest absolute Gasteiger partial charge is 0.477 e. The first kappa shape index (κ1) is 29.6. The molecular weight excluding hydrogens is 603 g/mol. The number of halogens is 3. The molecule has 4 heterocycles. The molecule has 0 unspecified atom stereocenters. The van der Waals surface area contributed by atoms with Gasteiger partial charge in [-0.3, -0.25) is 0 Å². The van der Waals surface area contributed by atoms with Crippen LogP contribution in [-0.2, 0) is 11.3 Å². The third kappa shape index (κ3) is 6.43. The molecule has 6 rings (SSSR count). The van der Waals surface area contributed by atoms with Gasteiger partial charge in [-0.1, -0.05) is 24.2 Å². The van der Waals surface area contributed by atoms with Crippen LogP contribution >= 0.6 is 22.7 Å². The maximum Gasteiger partial charge on any atom is 0.573 e. The van der Waals surface area contributed by atoms with Gasteiger partial charge in [0.15, 0.2) is 5.13 Å². The first-order chi connectivity index (χ1) is 20.6. The Balaban J connectivity index is 1.19. The van der Waals surface area contributed by atoms with Crippen molar-refractivity contribution >= 4 is 33.8 Å². The van der Waals surface area contributed by atoms with E-state index in [9.17, 15) is 23.1 Å². The molecule has 0 bridgehead atoms. The van der Waals surface area contributed by atoms with Crippen LogP contribution in [0.2, 0.25) is 0 Å². The molecule has 0 amide bonds. The van der Waals surface area contributed by atoms with Crippen LogP contribution in [0.25, 0.3) is 22.5 Å². The zero-order valence-corrected chi connectivity index (χ0v) is 25.1. The number of benzene rings is 1. The van der Waals surface area contributed by atoms with E-state index >= 15 is 0 Å². The minimum Gasteiger partial charge on any atom is -0.477 e. The van der Waals surface area contributed by atoms with E-state index in [-0.39, 0.29) is 46.9 Å². The number of alkyl halides is 3. The molecule has 8 nitrogen and oxygen atoms in total. The van der Waals surface area contributed by atoms with E-state index in [2.05, 4.69) is 28.6 Å². The van der Waals surface area contributed by atoms with E-state index in [1.54, 1.807) is 18.2 Å². The van der Waals surface area contributed by atoms with Crippen LogP contribution in [0.5, 0.6) is 5.75 Å². The Labute approximate surface area is 254 Å². The number of rotatable bonds is 10. The Kier molecular flexibility index (Phi) is 8.22. The van der Waals surface area contributed by atoms with Gasteiger partial charge < -0.3 is 24.0 Å². The lowest BCUT2D eigenvalue weighted by Crippen LogP contribution is -2.50. The van der Waals surface area contributed by atoms with Crippen molar-refractivity contribution in [2.24, 2.45) is 0 Å². The molecule has 0 spiro atoms. The van der Waals surface area contributed by atoms with Gasteiger partial charge in [0.05, 0.1) is 18.4 Å². The van der Waals surface area contributed by atoms with Crippen molar-refractivity contribution in [3.05, 3.63) is 57.3 Å². The van der Waals surface area contributed by atoms with E-state index in [0.717, 1.165) is 48.5 Å². The molecule has 1 aliphatic heterocycles. The quantitative estimate of drug-likeness (QED) is 0.186. The first-order valence-corrected chi connectivity index (χ1v) is 15.9. The van der Waals surface area contributed by atoms with Crippen LogP contribution in [0.15, 0.2) is 45.6 Å². The third-order valence-electron chi connectivity index (χ3n) is 7.90. The van der Waals surface area contributed by atoms with Gasteiger partial charge in [0.1, 0.15) is 22.1 Å². The summed E-state index contributed by atoms with van der Waals surface area (Å²) in [6.45, 7) is 4.43. The molecule has 228 valence electrons. The first-order valence-electron chi connectivity index (χ1n) is 14.1. The molecule has 1 saturated heterocycles. The fourth-order valence-electron chi connectivity index (χ4n) is 5.73. The molecule has 13 heteroatoms. The van der Waals surface area contributed by atoms with Crippen molar-refractivity contribution in [1.29, 1.82) is 0 Å². The lowest BCUT2D eigenvalue weighted by molar-refractivity contribution is -0.274. The standard InChI is InChI=1S/C30H30F3N3O5S2/c1-3-19-12-20(10-16(2)36(19)29-34-23(15-43-29)18-11-25(28(37)38)42-14-18)39-13-22-26(35-41-27(22)17-8-9-17)21-6-4-5-7-24(21)40-30(31,32)33/h4-7,11,14-17,19-20H,3,8-10,12-13H2,1-2H3,(H,37,38)/t16-,19+,20+/m0/s1. The number of carboxylic acid groups (broad SMARTS) is 1. The summed E-state index contributed by atoms with van der Waals surface area (Å²) >= 11 is 2.72. The number of aromatic carboxylic acids is 1. The second-order valence-electron chi connectivity index (χ2n) is 10.9. The summed E-state index contributed by atoms with van der Waals surface area (Å²) in [7, 11) is 0. The highest BCUT2D eigenvalue weighted by Crippen LogP contribution is 2.46. The Morgan fingerprint density at radius 2 is 1.98 bits per heavy atom. The van der Waals surface area contributed by atoms with Crippen LogP contribution in [0, 0.1) is 0 Å². The van der Waals surface area contributed by atoms with Crippen molar-refractivity contribution in [2.75, 3.05) is 4.90 Å². The van der Waals surface area contributed by atoms with Crippen LogP contribution in [0.1, 0.15) is 72.9 Å². The Bertz CT molecular complexity index is 1600. The highest BCUT2D eigenvalue weighted by Gasteiger charge is 2.38. The Hall–Kier alpha value is -3.42. The van der Waals surface area contributed by atoms with Crippen molar-refractivity contribution in [3.8, 4) is 28.3 Å². The summed E-state index contributed by atoms with van der Waals surface area (Å²) in [6, 6.07) is 7.88. The molecule has 1 N–H and O–H groups in total. The van der Waals surface area contributed by atoms with E-state index in [1.807, 2.05) is 10.8 Å². The number of aromatic nitrogens is 2. The number of hydrogen-bond donors (Lipinski definition) is 1. The highest BCUT2D eigenvalue weighted by atomic mass is 32.1. The van der Waals surface area contributed by atoms with Gasteiger partial charge in [0, 0.05) is 45.5 Å². The Morgan fingerprint density at radius 1 is 1.19 bits per heavy atom. The number of nitrogens with zero attached hydrogens (tertiary/aromatic N) is 3. The number of carboxylic acids is 1. The largest absolute Gasteiger partial charge is 0.573 e. The molecular formula is C30H30F3N3O5S2. The SMILES string of the molecule is CC[C@@H]1C[C@H](OCc2c(-c3ccccc3OC(F)(F)F)noc2C2CC2)C[C@H](C)N1c1nc(-c2csc(C(=O)O)c2)cs1. The van der Waals surface area contributed by atoms with Gasteiger partial charge in [0.25, 0.3) is 0 Å². The predicted molar refractivity (Wildman–Crippen MR) is 157 cm³/mol. The molecule has 2 aliphatic rings. The number of hydrogen-bond acceptors (Lipinski definition) is 9. The number of para-hydroxylation sites is 1.